The number of methoxy groups -OCH3 is 1. The molecule has 3 aromatic rings. The summed E-state index contributed by atoms with van der Waals surface area (Å²) < 4.78 is 5.53. The van der Waals surface area contributed by atoms with Gasteiger partial charge in [0.15, 0.2) is 17.3 Å². The summed E-state index contributed by atoms with van der Waals surface area (Å²) >= 11 is 0. The maximum absolute atomic E-state index is 14.6. The third-order valence-corrected chi connectivity index (χ3v) is 18.1. The molecule has 13 unspecified atom stereocenters. The van der Waals surface area contributed by atoms with Crippen LogP contribution in [0.15, 0.2) is 78.1 Å². The molecule has 3 aromatic carbocycles. The number of hydrogen-bond donors (Lipinski definition) is 7. The van der Waals surface area contributed by atoms with Crippen LogP contribution < -0.4 is 21.1 Å². The molecule has 0 amide bonds. The van der Waals surface area contributed by atoms with Crippen LogP contribution in [0.25, 0.3) is 10.8 Å². The fraction of sp³-hybridized carbons (Fsp3) is 0.571. The summed E-state index contributed by atoms with van der Waals surface area (Å²) in [4.78, 5) is 27.1. The van der Waals surface area contributed by atoms with Crippen LogP contribution in [0.2, 0.25) is 0 Å². The monoisotopic (exact) mass is 896 g/mol. The highest BCUT2D eigenvalue weighted by Gasteiger charge is 2.59. The third kappa shape index (κ3) is 8.37. The Hall–Kier alpha value is -4.66. The molecular formula is C56H69N3O7. The number of Topliss-reactive ketones (excluding diaryl/α,β-unsaturated/α-hetero) is 2. The molecule has 1 saturated heterocycles. The molecule has 7 aliphatic rings. The second kappa shape index (κ2) is 18.4. The van der Waals surface area contributed by atoms with Gasteiger partial charge in [-0.25, -0.2) is 0 Å². The van der Waals surface area contributed by atoms with E-state index in [-0.39, 0.29) is 48.0 Å². The number of allylic oxidation sites excluding steroid dienone is 2. The van der Waals surface area contributed by atoms with E-state index in [0.717, 1.165) is 53.3 Å². The first-order chi connectivity index (χ1) is 31.9. The molecule has 0 aromatic heterocycles. The first kappa shape index (κ1) is 45.1. The van der Waals surface area contributed by atoms with E-state index in [9.17, 15) is 30.0 Å². The number of carbonyl (C=O) groups is 2. The molecule has 2 aliphatic heterocycles. The Balaban J connectivity index is 0.911. The van der Waals surface area contributed by atoms with Crippen molar-refractivity contribution in [1.82, 2.24) is 10.6 Å². The lowest BCUT2D eigenvalue weighted by atomic mass is 9.49. The molecule has 0 radical (unpaired) electrons. The van der Waals surface area contributed by atoms with Crippen molar-refractivity contribution in [3.05, 3.63) is 94.8 Å². The second-order valence-electron chi connectivity index (χ2n) is 21.4. The summed E-state index contributed by atoms with van der Waals surface area (Å²) in [6.07, 6.45) is 13.0. The van der Waals surface area contributed by atoms with Crippen molar-refractivity contribution in [2.75, 3.05) is 20.2 Å². The summed E-state index contributed by atoms with van der Waals surface area (Å²) in [6, 6.07) is 18.2. The number of rotatable bonds is 10. The van der Waals surface area contributed by atoms with E-state index in [4.69, 9.17) is 10.5 Å². The van der Waals surface area contributed by atoms with Gasteiger partial charge in [0.25, 0.3) is 0 Å². The zero-order valence-electron chi connectivity index (χ0n) is 38.5. The number of aryl methyl sites for hydroxylation is 1. The number of dihydropyridines is 1. The van der Waals surface area contributed by atoms with Gasteiger partial charge in [-0.05, 0) is 170 Å². The molecule has 13 atom stereocenters. The van der Waals surface area contributed by atoms with E-state index in [0.29, 0.717) is 91.3 Å². The molecule has 4 saturated carbocycles. The molecule has 5 aliphatic carbocycles. The van der Waals surface area contributed by atoms with Crippen molar-refractivity contribution in [1.29, 1.82) is 0 Å². The number of phenolic OH excluding ortho intramolecular Hbond substituents is 1. The number of fused-ring (bicyclic) bond motifs is 7. The summed E-state index contributed by atoms with van der Waals surface area (Å²) in [5.74, 6) is 9.80. The first-order valence-electron chi connectivity index (χ1n) is 25.1. The van der Waals surface area contributed by atoms with Crippen molar-refractivity contribution < 1.29 is 34.8 Å². The summed E-state index contributed by atoms with van der Waals surface area (Å²) in [7, 11) is 1.50. The van der Waals surface area contributed by atoms with Gasteiger partial charge in [-0.3, -0.25) is 9.59 Å². The lowest BCUT2D eigenvalue weighted by Gasteiger charge is -2.58. The maximum Gasteiger partial charge on any atom is 0.160 e. The Kier molecular flexibility index (Phi) is 12.6. The van der Waals surface area contributed by atoms with Gasteiger partial charge >= 0.3 is 0 Å². The standard InChI is InChI=1S/C56H69N3O7/c1-66-51-26-37-10-15-52(64)55(20-16-33(23-53(55)65)31-56-19-4-7-40(56)11-13-42-43-14-12-41(60)28-47(43)59-32-46(42)56)21-17-38(45(37)30-50(51)63)25-48(61)49(62)29-44(39-18-22-58-54(57)27-39)36-9-8-34-5-2-3-6-35(34)24-36/h2-3,5-6,8-9,18,24,26-27,30,33,38,40,42-44,46-49,53,58-59,61-63,65H,4,7,10-16,19-20,22-23,25,28-29,31-32,57H2,1H3. The number of nitrogens with two attached hydrogens (primary N) is 1. The highest BCUT2D eigenvalue weighted by Crippen LogP contribution is 2.64. The van der Waals surface area contributed by atoms with Gasteiger partial charge < -0.3 is 41.5 Å². The highest BCUT2D eigenvalue weighted by molar-refractivity contribution is 5.89. The zero-order chi connectivity index (χ0) is 45.7. The van der Waals surface area contributed by atoms with Crippen LogP contribution >= 0.6 is 0 Å². The summed E-state index contributed by atoms with van der Waals surface area (Å²) in [6.45, 7) is 1.53. The SMILES string of the molecule is COc1cc2c(cc1O)C(CC(O)C(O)CC(C1=CCNC(N)=C1)c1ccc3ccccc3c1)C#CC1(CCC(CC34CCCC3CCC3C5CCC(=O)CC5NCC34)CC1O)C(=O)CC2. The van der Waals surface area contributed by atoms with Crippen LogP contribution in [-0.2, 0) is 16.0 Å². The number of nitrogens with one attached hydrogen (secondary N) is 2. The Morgan fingerprint density at radius 1 is 0.939 bits per heavy atom. The van der Waals surface area contributed by atoms with Crippen LogP contribution in [0.3, 0.4) is 0 Å². The molecule has 10 nitrogen and oxygen atoms in total. The number of ether oxygens (including phenoxy) is 1. The third-order valence-electron chi connectivity index (χ3n) is 18.1. The predicted octanol–water partition coefficient (Wildman–Crippen LogP) is 7.46. The second-order valence-corrected chi connectivity index (χ2v) is 21.4. The number of aliphatic hydroxyl groups excluding tert-OH is 3. The molecule has 350 valence electrons. The van der Waals surface area contributed by atoms with Crippen LogP contribution in [0, 0.1) is 52.3 Å². The van der Waals surface area contributed by atoms with Crippen LogP contribution in [0.1, 0.15) is 125 Å². The molecule has 10 rings (SSSR count). The number of phenols is 1. The van der Waals surface area contributed by atoms with Gasteiger partial charge in [-0.15, -0.1) is 0 Å². The van der Waals surface area contributed by atoms with Gasteiger partial charge in [-0.2, -0.15) is 0 Å². The minimum absolute atomic E-state index is 0.0511. The van der Waals surface area contributed by atoms with Crippen molar-refractivity contribution in [2.24, 2.45) is 46.2 Å². The Bertz CT molecular complexity index is 2470. The van der Waals surface area contributed by atoms with E-state index < -0.39 is 29.6 Å². The van der Waals surface area contributed by atoms with Crippen molar-refractivity contribution in [3.63, 3.8) is 0 Å². The van der Waals surface area contributed by atoms with E-state index in [1.54, 1.807) is 12.1 Å². The number of hydrogen-bond acceptors (Lipinski definition) is 10. The van der Waals surface area contributed by atoms with E-state index in [2.05, 4.69) is 58.9 Å². The predicted molar refractivity (Wildman–Crippen MR) is 255 cm³/mol. The summed E-state index contributed by atoms with van der Waals surface area (Å²) in [5.41, 5.74) is 8.66. The Labute approximate surface area is 389 Å². The Morgan fingerprint density at radius 3 is 2.61 bits per heavy atom. The van der Waals surface area contributed by atoms with E-state index >= 15 is 0 Å². The van der Waals surface area contributed by atoms with E-state index in [1.807, 2.05) is 18.2 Å². The zero-order valence-corrected chi connectivity index (χ0v) is 38.5. The lowest BCUT2D eigenvalue weighted by molar-refractivity contribution is -0.136. The molecule has 10 heteroatoms. The quantitative estimate of drug-likeness (QED) is 0.101. The number of aliphatic hydroxyl groups is 3. The van der Waals surface area contributed by atoms with Gasteiger partial charge in [0.1, 0.15) is 11.2 Å². The number of aromatic hydroxyl groups is 1. The lowest BCUT2D eigenvalue weighted by Crippen LogP contribution is -2.60. The Morgan fingerprint density at radius 2 is 1.79 bits per heavy atom. The minimum atomic E-state index is -1.25. The van der Waals surface area contributed by atoms with Gasteiger partial charge in [-0.1, -0.05) is 66.8 Å². The number of ketones is 2. The molecule has 5 fully saturated rings. The van der Waals surface area contributed by atoms with Crippen molar-refractivity contribution in [2.45, 2.75) is 139 Å². The molecule has 8 N–H and O–H groups in total. The van der Waals surface area contributed by atoms with Crippen molar-refractivity contribution >= 4 is 22.3 Å². The molecule has 66 heavy (non-hydrogen) atoms. The number of carbonyl (C=O) groups excluding carboxylic acids is 2. The smallest absolute Gasteiger partial charge is 0.160 e. The molecule has 2 heterocycles. The topological polar surface area (TPSA) is 174 Å². The normalized spacial score (nSPS) is 34.3. The van der Waals surface area contributed by atoms with Gasteiger partial charge in [0.05, 0.1) is 31.2 Å². The molecular weight excluding hydrogens is 827 g/mol. The average Bonchev–Trinajstić information content (AvgIpc) is 3.76. The fourth-order valence-electron chi connectivity index (χ4n) is 14.7. The molecule has 0 bridgehead atoms. The maximum atomic E-state index is 14.6. The largest absolute Gasteiger partial charge is 0.504 e. The highest BCUT2D eigenvalue weighted by atomic mass is 16.5. The number of piperidine rings is 1. The molecule has 1 spiro atoms. The van der Waals surface area contributed by atoms with Crippen LogP contribution in [0.5, 0.6) is 11.5 Å². The summed E-state index contributed by atoms with van der Waals surface area (Å²) in [5, 5.41) is 56.7. The minimum Gasteiger partial charge on any atom is -0.504 e. The van der Waals surface area contributed by atoms with Crippen molar-refractivity contribution in [3.8, 4) is 23.3 Å². The fourth-order valence-corrected chi connectivity index (χ4v) is 14.7. The van der Waals surface area contributed by atoms with Gasteiger partial charge in [0, 0.05) is 43.7 Å². The van der Waals surface area contributed by atoms with Crippen LogP contribution in [0.4, 0.5) is 0 Å². The van der Waals surface area contributed by atoms with Gasteiger partial charge in [0.2, 0.25) is 0 Å². The van der Waals surface area contributed by atoms with Crippen LogP contribution in [-0.4, -0.2) is 76.5 Å². The average molecular weight is 896 g/mol. The number of benzene rings is 3. The van der Waals surface area contributed by atoms with E-state index in [1.165, 1.54) is 39.2 Å². The first-order valence-corrected chi connectivity index (χ1v) is 25.1.